The molecule has 0 spiro atoms. The van der Waals surface area contributed by atoms with Gasteiger partial charge in [-0.2, -0.15) is 0 Å². The van der Waals surface area contributed by atoms with Gasteiger partial charge in [-0.15, -0.1) is 0 Å². The maximum Gasteiger partial charge on any atom is 0.472 e. The Morgan fingerprint density at radius 3 is 1.12 bits per heavy atom. The van der Waals surface area contributed by atoms with Crippen LogP contribution in [-0.4, -0.2) is 74.9 Å². The van der Waals surface area contributed by atoms with Crippen molar-refractivity contribution in [3.05, 3.63) is 122 Å². The summed E-state index contributed by atoms with van der Waals surface area (Å²) in [5, 5.41) is 0. The lowest BCUT2D eigenvalue weighted by atomic mass is 10.1. The molecular formula is C66H113NO8P+. The maximum absolute atomic E-state index is 12.8. The number of quaternary nitrogens is 1. The Morgan fingerprint density at radius 1 is 0.421 bits per heavy atom. The van der Waals surface area contributed by atoms with E-state index in [-0.39, 0.29) is 32.0 Å². The van der Waals surface area contributed by atoms with Gasteiger partial charge in [0.25, 0.3) is 0 Å². The zero-order valence-corrected chi connectivity index (χ0v) is 50.1. The van der Waals surface area contributed by atoms with E-state index in [0.29, 0.717) is 17.4 Å². The minimum absolute atomic E-state index is 0.0232. The number of phosphoric ester groups is 1. The molecule has 0 heterocycles. The summed E-state index contributed by atoms with van der Waals surface area (Å²) in [6, 6.07) is 0. The average Bonchev–Trinajstić information content (AvgIpc) is 3.38. The molecule has 2 atom stereocenters. The standard InChI is InChI=1S/C66H112NO8P/c1-6-8-10-12-14-16-18-20-22-24-26-27-28-29-30-31-32-33-34-35-36-37-38-39-41-43-45-47-49-51-53-55-57-59-66(69)75-64(63-74-76(70,71)73-61-60-67(3,4)5)62-72-65(68)58-56-54-52-50-48-46-44-42-40-25-23-21-19-17-15-13-11-9-7-2/h8,10,14-17,20-23,26-27,29-30,32-33,35-36,38-39,64H,6-7,9,11-13,18-19,24-25,28,31,34,37,40-63H2,1-5H3/p+1/b10-8-,16-14-,17-15-,22-20-,23-21-,27-26-,30-29-,33-32-,36-35-,39-38-. The van der Waals surface area contributed by atoms with Crippen molar-refractivity contribution in [2.24, 2.45) is 0 Å². The van der Waals surface area contributed by atoms with Crippen molar-refractivity contribution in [2.75, 3.05) is 47.5 Å². The molecule has 0 fully saturated rings. The summed E-state index contributed by atoms with van der Waals surface area (Å²) in [4.78, 5) is 35.7. The van der Waals surface area contributed by atoms with Crippen molar-refractivity contribution in [3.63, 3.8) is 0 Å². The molecule has 2 unspecified atom stereocenters. The van der Waals surface area contributed by atoms with E-state index < -0.39 is 26.5 Å². The van der Waals surface area contributed by atoms with Gasteiger partial charge in [-0.1, -0.05) is 232 Å². The lowest BCUT2D eigenvalue weighted by Crippen LogP contribution is -2.37. The highest BCUT2D eigenvalue weighted by atomic mass is 31.2. The number of ether oxygens (including phenoxy) is 2. The fraction of sp³-hybridized carbons (Fsp3) is 0.667. The monoisotopic (exact) mass is 1080 g/mol. The largest absolute Gasteiger partial charge is 0.472 e. The Bertz CT molecular complexity index is 1700. The van der Waals surface area contributed by atoms with Crippen LogP contribution >= 0.6 is 7.82 Å². The first-order valence-corrected chi connectivity index (χ1v) is 31.8. The number of carbonyl (C=O) groups is 2. The van der Waals surface area contributed by atoms with Crippen LogP contribution in [0.5, 0.6) is 0 Å². The number of phosphoric acid groups is 1. The lowest BCUT2D eigenvalue weighted by Gasteiger charge is -2.24. The summed E-state index contributed by atoms with van der Waals surface area (Å²) in [5.41, 5.74) is 0. The first-order valence-electron chi connectivity index (χ1n) is 30.3. The first kappa shape index (κ1) is 72.4. The molecule has 0 aromatic carbocycles. The molecule has 0 aromatic heterocycles. The minimum Gasteiger partial charge on any atom is -0.462 e. The zero-order chi connectivity index (χ0) is 55.6. The third-order valence-electron chi connectivity index (χ3n) is 12.5. The summed E-state index contributed by atoms with van der Waals surface area (Å²) in [7, 11) is 1.45. The van der Waals surface area contributed by atoms with Crippen molar-refractivity contribution in [2.45, 2.75) is 238 Å². The van der Waals surface area contributed by atoms with Gasteiger partial charge in [0.15, 0.2) is 6.10 Å². The second-order valence-electron chi connectivity index (χ2n) is 21.0. The Labute approximate surface area is 467 Å². The highest BCUT2D eigenvalue weighted by Gasteiger charge is 2.27. The normalized spacial score (nSPS) is 14.1. The van der Waals surface area contributed by atoms with E-state index in [9.17, 15) is 19.0 Å². The molecule has 0 saturated carbocycles. The summed E-state index contributed by atoms with van der Waals surface area (Å²) >= 11 is 0. The van der Waals surface area contributed by atoms with Crippen LogP contribution in [0.15, 0.2) is 122 Å². The second kappa shape index (κ2) is 56.1. The van der Waals surface area contributed by atoms with Gasteiger partial charge in [-0.05, 0) is 109 Å². The van der Waals surface area contributed by atoms with Crippen molar-refractivity contribution in [1.29, 1.82) is 0 Å². The van der Waals surface area contributed by atoms with Crippen molar-refractivity contribution < 1.29 is 42.1 Å². The minimum atomic E-state index is -4.40. The number of rotatable bonds is 54. The van der Waals surface area contributed by atoms with Gasteiger partial charge in [-0.3, -0.25) is 18.6 Å². The van der Waals surface area contributed by atoms with Crippen LogP contribution in [0.1, 0.15) is 232 Å². The molecule has 1 N–H and O–H groups in total. The lowest BCUT2D eigenvalue weighted by molar-refractivity contribution is -0.870. The van der Waals surface area contributed by atoms with Gasteiger partial charge in [0, 0.05) is 12.8 Å². The Kier molecular flexibility index (Phi) is 53.5. The van der Waals surface area contributed by atoms with Crippen molar-refractivity contribution in [1.82, 2.24) is 0 Å². The Morgan fingerprint density at radius 2 is 0.750 bits per heavy atom. The van der Waals surface area contributed by atoms with Crippen LogP contribution in [-0.2, 0) is 32.7 Å². The van der Waals surface area contributed by atoms with Crippen LogP contribution in [0.3, 0.4) is 0 Å². The van der Waals surface area contributed by atoms with Crippen LogP contribution in [0, 0.1) is 0 Å². The molecule has 0 aliphatic carbocycles. The number of likely N-dealkylation sites (N-methyl/N-ethyl adjacent to an activating group) is 1. The molecule has 9 nitrogen and oxygen atoms in total. The number of nitrogens with zero attached hydrogens (tertiary/aromatic N) is 1. The topological polar surface area (TPSA) is 108 Å². The molecule has 0 amide bonds. The molecular weight excluding hydrogens is 966 g/mol. The maximum atomic E-state index is 12.8. The molecule has 0 rings (SSSR count). The van der Waals surface area contributed by atoms with Crippen LogP contribution in [0.2, 0.25) is 0 Å². The van der Waals surface area contributed by atoms with Gasteiger partial charge >= 0.3 is 19.8 Å². The van der Waals surface area contributed by atoms with Crippen LogP contribution in [0.25, 0.3) is 0 Å². The average molecular weight is 1080 g/mol. The first-order chi connectivity index (χ1) is 37.0. The number of hydrogen-bond acceptors (Lipinski definition) is 7. The third kappa shape index (κ3) is 59.7. The molecule has 434 valence electrons. The highest BCUT2D eigenvalue weighted by molar-refractivity contribution is 7.47. The number of allylic oxidation sites excluding steroid dienone is 20. The van der Waals surface area contributed by atoms with E-state index >= 15 is 0 Å². The van der Waals surface area contributed by atoms with E-state index in [4.69, 9.17) is 18.5 Å². The summed E-state index contributed by atoms with van der Waals surface area (Å²) in [5.74, 6) is -0.817. The highest BCUT2D eigenvalue weighted by Crippen LogP contribution is 2.43. The number of esters is 2. The van der Waals surface area contributed by atoms with Crippen LogP contribution in [0.4, 0.5) is 0 Å². The predicted molar refractivity (Wildman–Crippen MR) is 325 cm³/mol. The van der Waals surface area contributed by atoms with Gasteiger partial charge in [0.05, 0.1) is 27.7 Å². The van der Waals surface area contributed by atoms with E-state index in [1.807, 2.05) is 21.1 Å². The number of carbonyl (C=O) groups excluding carboxylic acids is 2. The fourth-order valence-electron chi connectivity index (χ4n) is 7.83. The van der Waals surface area contributed by atoms with E-state index in [1.54, 1.807) is 0 Å². The third-order valence-corrected chi connectivity index (χ3v) is 13.5. The Balaban J connectivity index is 4.19. The molecule has 0 saturated heterocycles. The zero-order valence-electron chi connectivity index (χ0n) is 49.2. The molecule has 0 aliphatic heterocycles. The van der Waals surface area contributed by atoms with Gasteiger partial charge < -0.3 is 18.9 Å². The summed E-state index contributed by atoms with van der Waals surface area (Å²) in [6.07, 6.45) is 79.8. The van der Waals surface area contributed by atoms with E-state index in [1.165, 1.54) is 83.5 Å². The SMILES string of the molecule is CC/C=C\C/C=C\C/C=C\C/C=C\C/C=C\C/C=C\C/C=C\C/C=C\CCCCCCCCCCC(=O)OC(COC(=O)CCCCCCCCCCC/C=C\C/C=C\CCCCC)COP(=O)(O)OCC[N+](C)(C)C. The molecule has 76 heavy (non-hydrogen) atoms. The molecule has 0 radical (unpaired) electrons. The number of unbranched alkanes of at least 4 members (excludes halogenated alkanes) is 20. The van der Waals surface area contributed by atoms with E-state index in [2.05, 4.69) is 135 Å². The van der Waals surface area contributed by atoms with Gasteiger partial charge in [0.1, 0.15) is 19.8 Å². The quantitative estimate of drug-likeness (QED) is 0.0211. The number of hydrogen-bond donors (Lipinski definition) is 1. The summed E-state index contributed by atoms with van der Waals surface area (Å²) in [6.45, 7) is 4.27. The van der Waals surface area contributed by atoms with Crippen LogP contribution < -0.4 is 0 Å². The second-order valence-corrected chi connectivity index (χ2v) is 22.5. The molecule has 0 bridgehead atoms. The van der Waals surface area contributed by atoms with E-state index in [0.717, 1.165) is 116 Å². The van der Waals surface area contributed by atoms with Crippen molar-refractivity contribution >= 4 is 19.8 Å². The molecule has 10 heteroatoms. The molecule has 0 aromatic rings. The predicted octanol–water partition coefficient (Wildman–Crippen LogP) is 19.1. The van der Waals surface area contributed by atoms with Gasteiger partial charge in [-0.25, -0.2) is 4.57 Å². The smallest absolute Gasteiger partial charge is 0.462 e. The Hall–Kier alpha value is -3.59. The molecule has 0 aliphatic rings. The van der Waals surface area contributed by atoms with Crippen molar-refractivity contribution in [3.8, 4) is 0 Å². The summed E-state index contributed by atoms with van der Waals surface area (Å²) < 4.78 is 34.6. The fourth-order valence-corrected chi connectivity index (χ4v) is 8.57. The van der Waals surface area contributed by atoms with Gasteiger partial charge in [0.2, 0.25) is 0 Å².